The van der Waals surface area contributed by atoms with Crippen LogP contribution in [-0.4, -0.2) is 13.1 Å². The third kappa shape index (κ3) is 1.25. The highest BCUT2D eigenvalue weighted by molar-refractivity contribution is 9.11. The third-order valence-corrected chi connectivity index (χ3v) is 4.89. The van der Waals surface area contributed by atoms with Crippen LogP contribution in [0.15, 0.2) is 10.6 Å². The van der Waals surface area contributed by atoms with Gasteiger partial charge in [0.15, 0.2) is 0 Å². The standard InChI is InChI=1S/C12H17BrO2/c1-11(2)8-4-5-12(6-8,9(11)7-13)10(14)15-3/h7-8H,4-6H2,1-3H3/b9-7+/t8-,12-/m0/s1. The zero-order valence-corrected chi connectivity index (χ0v) is 11.1. The first-order chi connectivity index (χ1) is 6.99. The number of hydrogen-bond acceptors (Lipinski definition) is 2. The Kier molecular flexibility index (Phi) is 2.49. The van der Waals surface area contributed by atoms with Gasteiger partial charge in [-0.15, -0.1) is 0 Å². The van der Waals surface area contributed by atoms with Gasteiger partial charge in [0, 0.05) is 0 Å². The second-order valence-electron chi connectivity index (χ2n) is 5.26. The lowest BCUT2D eigenvalue weighted by atomic mass is 9.68. The van der Waals surface area contributed by atoms with Gasteiger partial charge in [0.25, 0.3) is 0 Å². The molecule has 0 unspecified atom stereocenters. The van der Waals surface area contributed by atoms with E-state index in [1.165, 1.54) is 12.7 Å². The lowest BCUT2D eigenvalue weighted by Crippen LogP contribution is -2.34. The first-order valence-electron chi connectivity index (χ1n) is 5.39. The first-order valence-corrected chi connectivity index (χ1v) is 6.30. The predicted octanol–water partition coefficient (Wildman–Crippen LogP) is 3.26. The van der Waals surface area contributed by atoms with Crippen molar-refractivity contribution in [1.29, 1.82) is 0 Å². The van der Waals surface area contributed by atoms with Crippen LogP contribution in [0.3, 0.4) is 0 Å². The van der Waals surface area contributed by atoms with Gasteiger partial charge in [-0.05, 0) is 41.2 Å². The van der Waals surface area contributed by atoms with E-state index in [0.29, 0.717) is 5.92 Å². The highest BCUT2D eigenvalue weighted by Gasteiger charge is 2.62. The average molecular weight is 273 g/mol. The van der Waals surface area contributed by atoms with Gasteiger partial charge in [-0.2, -0.15) is 0 Å². The van der Waals surface area contributed by atoms with Crippen molar-refractivity contribution in [2.45, 2.75) is 33.1 Å². The highest BCUT2D eigenvalue weighted by atomic mass is 79.9. The molecule has 0 spiro atoms. The maximum atomic E-state index is 12.0. The van der Waals surface area contributed by atoms with Gasteiger partial charge < -0.3 is 4.74 Å². The molecule has 0 aromatic carbocycles. The SMILES string of the molecule is COC(=O)[C@@]12CC[C@@H](C1)C(C)(C)/C2=C\Br. The minimum absolute atomic E-state index is 0.0544. The van der Waals surface area contributed by atoms with Gasteiger partial charge in [0.2, 0.25) is 0 Å². The minimum Gasteiger partial charge on any atom is -0.468 e. The van der Waals surface area contributed by atoms with E-state index in [9.17, 15) is 4.79 Å². The van der Waals surface area contributed by atoms with E-state index in [0.717, 1.165) is 19.3 Å². The molecule has 0 heterocycles. The summed E-state index contributed by atoms with van der Waals surface area (Å²) < 4.78 is 4.98. The number of ether oxygens (including phenoxy) is 1. The summed E-state index contributed by atoms with van der Waals surface area (Å²) in [5, 5.41) is 0. The van der Waals surface area contributed by atoms with Crippen molar-refractivity contribution < 1.29 is 9.53 Å². The van der Waals surface area contributed by atoms with Crippen LogP contribution >= 0.6 is 15.9 Å². The van der Waals surface area contributed by atoms with Crippen LogP contribution in [0.25, 0.3) is 0 Å². The van der Waals surface area contributed by atoms with E-state index in [2.05, 4.69) is 29.8 Å². The molecule has 2 aliphatic carbocycles. The Bertz CT molecular complexity index is 333. The normalized spacial score (nSPS) is 39.7. The van der Waals surface area contributed by atoms with Gasteiger partial charge in [-0.25, -0.2) is 0 Å². The first kappa shape index (κ1) is 11.2. The molecule has 0 amide bonds. The van der Waals surface area contributed by atoms with E-state index in [-0.39, 0.29) is 16.8 Å². The zero-order valence-electron chi connectivity index (χ0n) is 9.47. The molecular formula is C12H17BrO2. The molecule has 0 aromatic heterocycles. The fourth-order valence-corrected chi connectivity index (χ4v) is 4.51. The maximum absolute atomic E-state index is 12.0. The van der Waals surface area contributed by atoms with Crippen LogP contribution in [-0.2, 0) is 9.53 Å². The Balaban J connectivity index is 2.47. The fourth-order valence-electron chi connectivity index (χ4n) is 3.48. The molecular weight excluding hydrogens is 256 g/mol. The van der Waals surface area contributed by atoms with Gasteiger partial charge in [0.05, 0.1) is 12.5 Å². The summed E-state index contributed by atoms with van der Waals surface area (Å²) in [6.45, 7) is 4.46. The summed E-state index contributed by atoms with van der Waals surface area (Å²) >= 11 is 3.42. The van der Waals surface area contributed by atoms with Crippen LogP contribution < -0.4 is 0 Å². The summed E-state index contributed by atoms with van der Waals surface area (Å²) in [5.74, 6) is 0.571. The van der Waals surface area contributed by atoms with Crippen LogP contribution in [0.2, 0.25) is 0 Å². The molecule has 2 aliphatic rings. The van der Waals surface area contributed by atoms with Gasteiger partial charge >= 0.3 is 5.97 Å². The van der Waals surface area contributed by atoms with Crippen molar-refractivity contribution in [3.05, 3.63) is 10.6 Å². The quantitative estimate of drug-likeness (QED) is 0.685. The number of carbonyl (C=O) groups excluding carboxylic acids is 1. The molecule has 84 valence electrons. The van der Waals surface area contributed by atoms with Crippen molar-refractivity contribution in [3.8, 4) is 0 Å². The van der Waals surface area contributed by atoms with Crippen LogP contribution in [0, 0.1) is 16.7 Å². The largest absolute Gasteiger partial charge is 0.468 e. The van der Waals surface area contributed by atoms with Crippen LogP contribution in [0.5, 0.6) is 0 Å². The third-order valence-electron chi connectivity index (χ3n) is 4.43. The zero-order chi connectivity index (χ0) is 11.3. The maximum Gasteiger partial charge on any atom is 0.315 e. The number of fused-ring (bicyclic) bond motifs is 2. The minimum atomic E-state index is -0.327. The summed E-state index contributed by atoms with van der Waals surface area (Å²) in [7, 11) is 1.49. The van der Waals surface area contributed by atoms with E-state index in [1.54, 1.807) is 0 Å². The fraction of sp³-hybridized carbons (Fsp3) is 0.750. The van der Waals surface area contributed by atoms with Gasteiger partial charge in [0.1, 0.15) is 0 Å². The predicted molar refractivity (Wildman–Crippen MR) is 62.6 cm³/mol. The molecule has 2 nitrogen and oxygen atoms in total. The number of rotatable bonds is 1. The number of methoxy groups -OCH3 is 1. The Morgan fingerprint density at radius 2 is 2.27 bits per heavy atom. The van der Waals surface area contributed by atoms with Crippen molar-refractivity contribution in [3.63, 3.8) is 0 Å². The Labute approximate surface area is 99.2 Å². The number of carbonyl (C=O) groups is 1. The van der Waals surface area contributed by atoms with Gasteiger partial charge in [-0.3, -0.25) is 4.79 Å². The highest BCUT2D eigenvalue weighted by Crippen LogP contribution is 2.66. The van der Waals surface area contributed by atoms with E-state index in [1.807, 2.05) is 4.99 Å². The van der Waals surface area contributed by atoms with E-state index < -0.39 is 0 Å². The number of halogens is 1. The Morgan fingerprint density at radius 3 is 2.80 bits per heavy atom. The molecule has 0 aliphatic heterocycles. The molecule has 0 aromatic rings. The molecule has 2 atom stereocenters. The van der Waals surface area contributed by atoms with Crippen molar-refractivity contribution in [2.24, 2.45) is 16.7 Å². The molecule has 2 saturated carbocycles. The number of hydrogen-bond donors (Lipinski definition) is 0. The number of esters is 1. The van der Waals surface area contributed by atoms with Crippen molar-refractivity contribution in [2.75, 3.05) is 7.11 Å². The monoisotopic (exact) mass is 272 g/mol. The van der Waals surface area contributed by atoms with Crippen molar-refractivity contribution in [1.82, 2.24) is 0 Å². The molecule has 3 heteroatoms. The molecule has 2 bridgehead atoms. The molecule has 0 saturated heterocycles. The molecule has 15 heavy (non-hydrogen) atoms. The van der Waals surface area contributed by atoms with Crippen LogP contribution in [0.4, 0.5) is 0 Å². The molecule has 2 fully saturated rings. The summed E-state index contributed by atoms with van der Waals surface area (Å²) in [6, 6.07) is 0. The van der Waals surface area contributed by atoms with E-state index >= 15 is 0 Å². The second kappa shape index (κ2) is 3.34. The summed E-state index contributed by atoms with van der Waals surface area (Å²) in [4.78, 5) is 13.9. The molecule has 2 rings (SSSR count). The average Bonchev–Trinajstić information content (AvgIpc) is 2.71. The second-order valence-corrected chi connectivity index (χ2v) is 5.72. The Hall–Kier alpha value is -0.310. The lowest BCUT2D eigenvalue weighted by Gasteiger charge is -2.36. The Morgan fingerprint density at radius 1 is 1.60 bits per heavy atom. The molecule has 0 N–H and O–H groups in total. The summed E-state index contributed by atoms with van der Waals surface area (Å²) in [5.41, 5.74) is 1.03. The topological polar surface area (TPSA) is 26.3 Å². The smallest absolute Gasteiger partial charge is 0.315 e. The summed E-state index contributed by atoms with van der Waals surface area (Å²) in [6.07, 6.45) is 3.06. The lowest BCUT2D eigenvalue weighted by molar-refractivity contribution is -0.150. The van der Waals surface area contributed by atoms with Gasteiger partial charge in [-0.1, -0.05) is 29.8 Å². The van der Waals surface area contributed by atoms with E-state index in [4.69, 9.17) is 4.74 Å². The molecule has 0 radical (unpaired) electrons. The van der Waals surface area contributed by atoms with Crippen molar-refractivity contribution >= 4 is 21.9 Å². The van der Waals surface area contributed by atoms with Crippen LogP contribution in [0.1, 0.15) is 33.1 Å².